The van der Waals surface area contributed by atoms with Gasteiger partial charge in [-0.2, -0.15) is 13.2 Å². The molecule has 0 spiro atoms. The van der Waals surface area contributed by atoms with Crippen LogP contribution in [0.2, 0.25) is 0 Å². The molecule has 1 aromatic carbocycles. The molecule has 1 aromatic heterocycles. The lowest BCUT2D eigenvalue weighted by molar-refractivity contribution is -0.137. The summed E-state index contributed by atoms with van der Waals surface area (Å²) in [6.07, 6.45) is -2.60. The molecule has 1 amide bonds. The molecule has 0 fully saturated rings. The number of carbonyl (C=O) groups excluding carboxylic acids is 1. The van der Waals surface area contributed by atoms with Crippen LogP contribution in [0, 0.1) is 0 Å². The fourth-order valence-electron chi connectivity index (χ4n) is 2.12. The number of hydrogen-bond acceptors (Lipinski definition) is 3. The Hall–Kier alpha value is -1.70. The lowest BCUT2D eigenvalue weighted by atomic mass is 10.2. The Labute approximate surface area is 136 Å². The highest BCUT2D eigenvalue weighted by Crippen LogP contribution is 2.33. The summed E-state index contributed by atoms with van der Waals surface area (Å²) in [5.41, 5.74) is 5.44. The van der Waals surface area contributed by atoms with E-state index in [-0.39, 0.29) is 5.52 Å². The summed E-state index contributed by atoms with van der Waals surface area (Å²) in [6, 6.07) is 3.52. The monoisotopic (exact) mass is 345 g/mol. The van der Waals surface area contributed by atoms with Crippen molar-refractivity contribution in [2.24, 2.45) is 5.73 Å². The van der Waals surface area contributed by atoms with Crippen LogP contribution in [0.5, 0.6) is 0 Å². The van der Waals surface area contributed by atoms with Crippen LogP contribution < -0.4 is 5.73 Å². The van der Waals surface area contributed by atoms with Gasteiger partial charge < -0.3 is 10.3 Å². The average Bonchev–Trinajstić information content (AvgIpc) is 2.80. The largest absolute Gasteiger partial charge is 0.416 e. The highest BCUT2D eigenvalue weighted by atomic mass is 32.2. The molecule has 2 rings (SSSR count). The van der Waals surface area contributed by atoms with Crippen molar-refractivity contribution in [2.45, 2.75) is 49.8 Å². The van der Waals surface area contributed by atoms with E-state index in [1.807, 2.05) is 11.5 Å². The van der Waals surface area contributed by atoms with Gasteiger partial charge in [-0.15, -0.1) is 0 Å². The van der Waals surface area contributed by atoms with Crippen molar-refractivity contribution in [3.05, 3.63) is 23.8 Å². The number of hydrogen-bond donors (Lipinski definition) is 1. The number of imidazole rings is 1. The van der Waals surface area contributed by atoms with Crippen molar-refractivity contribution < 1.29 is 18.0 Å². The predicted octanol–water partition coefficient (Wildman–Crippen LogP) is 3.82. The van der Waals surface area contributed by atoms with Crippen LogP contribution >= 0.6 is 11.8 Å². The number of amides is 1. The van der Waals surface area contributed by atoms with Crippen LogP contribution in [-0.4, -0.2) is 20.7 Å². The molecule has 1 atom stereocenters. The highest BCUT2D eigenvalue weighted by Gasteiger charge is 2.31. The number of nitrogens with zero attached hydrogens (tertiary/aromatic N) is 2. The summed E-state index contributed by atoms with van der Waals surface area (Å²) in [7, 11) is 0. The van der Waals surface area contributed by atoms with E-state index in [2.05, 4.69) is 4.98 Å². The van der Waals surface area contributed by atoms with Crippen LogP contribution in [0.3, 0.4) is 0 Å². The number of fused-ring (bicyclic) bond motifs is 1. The Morgan fingerprint density at radius 1 is 1.43 bits per heavy atom. The third-order valence-corrected chi connectivity index (χ3v) is 4.57. The van der Waals surface area contributed by atoms with Crippen LogP contribution in [0.25, 0.3) is 11.0 Å². The van der Waals surface area contributed by atoms with Gasteiger partial charge >= 0.3 is 6.18 Å². The van der Waals surface area contributed by atoms with Gasteiger partial charge in [-0.05, 0) is 31.5 Å². The van der Waals surface area contributed by atoms with Gasteiger partial charge in [0.1, 0.15) is 0 Å². The number of thioether (sulfide) groups is 1. The summed E-state index contributed by atoms with van der Waals surface area (Å²) in [4.78, 5) is 15.5. The zero-order chi connectivity index (χ0) is 17.2. The molecule has 0 saturated carbocycles. The number of carbonyl (C=O) groups is 1. The lowest BCUT2D eigenvalue weighted by Gasteiger charge is -2.11. The van der Waals surface area contributed by atoms with Gasteiger partial charge in [0, 0.05) is 6.54 Å². The SMILES string of the molecule is CCCCn1c(S[C@@H](C)C(N)=O)nc2cc(C(F)(F)F)ccc21. The molecule has 126 valence electrons. The van der Waals surface area contributed by atoms with Crippen molar-refractivity contribution in [1.29, 1.82) is 0 Å². The maximum absolute atomic E-state index is 12.8. The number of aromatic nitrogens is 2. The summed E-state index contributed by atoms with van der Waals surface area (Å²) in [5, 5.41) is 0.00773. The Morgan fingerprint density at radius 2 is 2.13 bits per heavy atom. The molecule has 0 saturated heterocycles. The maximum Gasteiger partial charge on any atom is 0.416 e. The summed E-state index contributed by atoms with van der Waals surface area (Å²) < 4.78 is 40.4. The maximum atomic E-state index is 12.8. The highest BCUT2D eigenvalue weighted by molar-refractivity contribution is 8.00. The molecule has 2 N–H and O–H groups in total. The second-order valence-electron chi connectivity index (χ2n) is 5.26. The second kappa shape index (κ2) is 6.82. The van der Waals surface area contributed by atoms with Gasteiger partial charge in [-0.3, -0.25) is 4.79 Å². The molecule has 23 heavy (non-hydrogen) atoms. The quantitative estimate of drug-likeness (QED) is 0.810. The minimum Gasteiger partial charge on any atom is -0.369 e. The van der Waals surface area contributed by atoms with E-state index in [4.69, 9.17) is 5.73 Å². The summed E-state index contributed by atoms with van der Waals surface area (Å²) in [5.74, 6) is -0.486. The molecule has 0 aliphatic carbocycles. The number of aryl methyl sites for hydroxylation is 1. The number of nitrogens with two attached hydrogens (primary N) is 1. The van der Waals surface area contributed by atoms with Gasteiger partial charge in [0.15, 0.2) is 5.16 Å². The lowest BCUT2D eigenvalue weighted by Crippen LogP contribution is -2.23. The van der Waals surface area contributed by atoms with E-state index in [0.29, 0.717) is 17.2 Å². The number of rotatable bonds is 6. The zero-order valence-electron chi connectivity index (χ0n) is 12.9. The van der Waals surface area contributed by atoms with E-state index in [1.54, 1.807) is 6.92 Å². The van der Waals surface area contributed by atoms with Gasteiger partial charge in [0.05, 0.1) is 21.8 Å². The van der Waals surface area contributed by atoms with Crippen molar-refractivity contribution in [2.75, 3.05) is 0 Å². The molecule has 0 bridgehead atoms. The van der Waals surface area contributed by atoms with Crippen molar-refractivity contribution in [1.82, 2.24) is 9.55 Å². The summed E-state index contributed by atoms with van der Waals surface area (Å²) >= 11 is 1.16. The fraction of sp³-hybridized carbons (Fsp3) is 0.467. The standard InChI is InChI=1S/C15H18F3N3OS/c1-3-4-7-21-12-6-5-10(15(16,17)18)8-11(12)20-14(21)23-9(2)13(19)22/h5-6,8-9H,3-4,7H2,1-2H3,(H2,19,22)/t9-/m0/s1. The van der Waals surface area contributed by atoms with Crippen LogP contribution in [0.1, 0.15) is 32.3 Å². The Bertz CT molecular complexity index is 712. The Morgan fingerprint density at radius 3 is 2.70 bits per heavy atom. The van der Waals surface area contributed by atoms with E-state index in [9.17, 15) is 18.0 Å². The molecule has 1 heterocycles. The topological polar surface area (TPSA) is 60.9 Å². The van der Waals surface area contributed by atoms with Crippen LogP contribution in [-0.2, 0) is 17.5 Å². The molecule has 2 aromatic rings. The molecule has 8 heteroatoms. The van der Waals surface area contributed by atoms with Gasteiger partial charge in [-0.25, -0.2) is 4.98 Å². The first-order valence-electron chi connectivity index (χ1n) is 7.27. The zero-order valence-corrected chi connectivity index (χ0v) is 13.7. The first-order chi connectivity index (χ1) is 10.7. The number of halogens is 3. The third-order valence-electron chi connectivity index (χ3n) is 3.46. The Kier molecular flexibility index (Phi) is 5.23. The number of alkyl halides is 3. The molecule has 0 aliphatic rings. The second-order valence-corrected chi connectivity index (χ2v) is 6.57. The van der Waals surface area contributed by atoms with Gasteiger partial charge in [-0.1, -0.05) is 25.1 Å². The smallest absolute Gasteiger partial charge is 0.369 e. The first kappa shape index (κ1) is 17.7. The molecular weight excluding hydrogens is 327 g/mol. The number of primary amides is 1. The average molecular weight is 345 g/mol. The van der Waals surface area contributed by atoms with E-state index >= 15 is 0 Å². The number of unbranched alkanes of at least 4 members (excludes halogenated alkanes) is 1. The normalized spacial score (nSPS) is 13.4. The number of benzene rings is 1. The Balaban J connectivity index is 2.49. The third kappa shape index (κ3) is 3.99. The van der Waals surface area contributed by atoms with Crippen LogP contribution in [0.15, 0.2) is 23.4 Å². The predicted molar refractivity (Wildman–Crippen MR) is 84.2 cm³/mol. The molecule has 4 nitrogen and oxygen atoms in total. The molecule has 0 unspecified atom stereocenters. The fourth-order valence-corrected chi connectivity index (χ4v) is 3.02. The summed E-state index contributed by atoms with van der Waals surface area (Å²) in [6.45, 7) is 4.31. The minimum absolute atomic E-state index is 0.273. The van der Waals surface area contributed by atoms with E-state index in [1.165, 1.54) is 6.07 Å². The van der Waals surface area contributed by atoms with Crippen molar-refractivity contribution in [3.63, 3.8) is 0 Å². The van der Waals surface area contributed by atoms with Crippen LogP contribution in [0.4, 0.5) is 13.2 Å². The molecule has 0 aliphatic heterocycles. The van der Waals surface area contributed by atoms with E-state index < -0.39 is 22.9 Å². The molecule has 0 radical (unpaired) electrons. The minimum atomic E-state index is -4.41. The van der Waals surface area contributed by atoms with Gasteiger partial charge in [0.25, 0.3) is 0 Å². The first-order valence-corrected chi connectivity index (χ1v) is 8.15. The van der Waals surface area contributed by atoms with E-state index in [0.717, 1.165) is 36.7 Å². The van der Waals surface area contributed by atoms with Crippen molar-refractivity contribution in [3.8, 4) is 0 Å². The van der Waals surface area contributed by atoms with Gasteiger partial charge in [0.2, 0.25) is 5.91 Å². The van der Waals surface area contributed by atoms with Crippen molar-refractivity contribution >= 4 is 28.7 Å². The molecular formula is C15H18F3N3OS.